The molecule has 0 amide bonds. The lowest BCUT2D eigenvalue weighted by Crippen LogP contribution is -2.40. The van der Waals surface area contributed by atoms with E-state index in [0.29, 0.717) is 23.9 Å². The van der Waals surface area contributed by atoms with Gasteiger partial charge in [0.25, 0.3) is 0 Å². The molecule has 1 fully saturated rings. The van der Waals surface area contributed by atoms with E-state index in [0.717, 1.165) is 19.6 Å². The van der Waals surface area contributed by atoms with Gasteiger partial charge in [-0.1, -0.05) is 12.1 Å². The van der Waals surface area contributed by atoms with E-state index in [1.807, 2.05) is 0 Å². The number of nitrogens with one attached hydrogen (secondary N) is 1. The van der Waals surface area contributed by atoms with Crippen LogP contribution in [0.4, 0.5) is 0 Å². The molecule has 1 N–H and O–H groups in total. The summed E-state index contributed by atoms with van der Waals surface area (Å²) in [5.41, 5.74) is 0.404. The first-order chi connectivity index (χ1) is 9.40. The Morgan fingerprint density at radius 3 is 2.80 bits per heavy atom. The maximum absolute atomic E-state index is 12.2. The van der Waals surface area contributed by atoms with Crippen molar-refractivity contribution in [1.82, 2.24) is 14.8 Å². The van der Waals surface area contributed by atoms with E-state index < -0.39 is 10.0 Å². The van der Waals surface area contributed by atoms with Crippen molar-refractivity contribution in [3.8, 4) is 0 Å². The maximum atomic E-state index is 12.2. The van der Waals surface area contributed by atoms with Gasteiger partial charge in [-0.15, -0.1) is 0 Å². The van der Waals surface area contributed by atoms with Crippen LogP contribution in [0.15, 0.2) is 9.42 Å². The number of likely N-dealkylation sites (tertiary alicyclic amines) is 1. The second-order valence-corrected chi connectivity index (χ2v) is 7.30. The van der Waals surface area contributed by atoms with Crippen molar-refractivity contribution in [2.75, 3.05) is 26.2 Å². The van der Waals surface area contributed by atoms with E-state index >= 15 is 0 Å². The molecule has 1 aliphatic heterocycles. The van der Waals surface area contributed by atoms with Crippen molar-refractivity contribution in [2.45, 2.75) is 38.5 Å². The van der Waals surface area contributed by atoms with Crippen LogP contribution in [0.2, 0.25) is 0 Å². The molecule has 2 rings (SSSR count). The van der Waals surface area contributed by atoms with Gasteiger partial charge in [0.05, 0.1) is 0 Å². The summed E-state index contributed by atoms with van der Waals surface area (Å²) in [5.74, 6) is 1.03. The Labute approximate surface area is 120 Å². The predicted octanol–water partition coefficient (Wildman–Crippen LogP) is 1.30. The average Bonchev–Trinajstić information content (AvgIpc) is 2.69. The number of hydrogen-bond acceptors (Lipinski definition) is 5. The molecule has 1 saturated heterocycles. The number of aromatic nitrogens is 1. The lowest BCUT2D eigenvalue weighted by atomic mass is 10.0. The summed E-state index contributed by atoms with van der Waals surface area (Å²) >= 11 is 0. The summed E-state index contributed by atoms with van der Waals surface area (Å²) in [6, 6.07) is 0. The van der Waals surface area contributed by atoms with Crippen LogP contribution in [0.25, 0.3) is 0 Å². The summed E-state index contributed by atoms with van der Waals surface area (Å²) in [5, 5.41) is 3.69. The maximum Gasteiger partial charge on any atom is 0.246 e. The number of hydrogen-bond donors (Lipinski definition) is 1. The standard InChI is InChI=1S/C13H23N3O3S/c1-10-5-4-7-16(9-10)8-6-14-20(17,18)13-11(2)15-19-12(13)3/h10,14H,4-9H2,1-3H3. The Hall–Kier alpha value is -0.920. The molecule has 0 aliphatic carbocycles. The van der Waals surface area contributed by atoms with Gasteiger partial charge in [0.15, 0.2) is 5.76 Å². The molecule has 0 radical (unpaired) electrons. The summed E-state index contributed by atoms with van der Waals surface area (Å²) in [7, 11) is -3.53. The highest BCUT2D eigenvalue weighted by Gasteiger charge is 2.24. The minimum absolute atomic E-state index is 0.171. The van der Waals surface area contributed by atoms with E-state index in [9.17, 15) is 8.42 Å². The summed E-state index contributed by atoms with van der Waals surface area (Å²) in [6.45, 7) is 8.74. The number of aryl methyl sites for hydroxylation is 2. The van der Waals surface area contributed by atoms with Gasteiger partial charge >= 0.3 is 0 Å². The molecule has 1 unspecified atom stereocenters. The Morgan fingerprint density at radius 2 is 2.20 bits per heavy atom. The Kier molecular flexibility index (Phi) is 4.82. The number of piperidine rings is 1. The molecular weight excluding hydrogens is 278 g/mol. The van der Waals surface area contributed by atoms with Crippen molar-refractivity contribution < 1.29 is 12.9 Å². The largest absolute Gasteiger partial charge is 0.360 e. The molecule has 0 spiro atoms. The van der Waals surface area contributed by atoms with Gasteiger partial charge in [0.1, 0.15) is 10.6 Å². The van der Waals surface area contributed by atoms with Crippen LogP contribution in [0.5, 0.6) is 0 Å². The summed E-state index contributed by atoms with van der Waals surface area (Å²) < 4.78 is 32.0. The third kappa shape index (κ3) is 3.59. The molecule has 0 saturated carbocycles. The monoisotopic (exact) mass is 301 g/mol. The van der Waals surface area contributed by atoms with Crippen molar-refractivity contribution >= 4 is 10.0 Å². The molecule has 0 aromatic carbocycles. The Balaban J connectivity index is 1.90. The van der Waals surface area contributed by atoms with Crippen molar-refractivity contribution in [3.05, 3.63) is 11.5 Å². The predicted molar refractivity (Wildman–Crippen MR) is 76.0 cm³/mol. The summed E-state index contributed by atoms with van der Waals surface area (Å²) in [4.78, 5) is 2.48. The highest BCUT2D eigenvalue weighted by Crippen LogP contribution is 2.18. The third-order valence-corrected chi connectivity index (χ3v) is 5.40. The molecule has 1 aromatic rings. The van der Waals surface area contributed by atoms with Crippen LogP contribution < -0.4 is 4.72 Å². The lowest BCUT2D eigenvalue weighted by Gasteiger charge is -2.30. The van der Waals surface area contributed by atoms with Crippen molar-refractivity contribution in [3.63, 3.8) is 0 Å². The SMILES string of the molecule is Cc1noc(C)c1S(=O)(=O)NCCN1CCCC(C)C1. The van der Waals surface area contributed by atoms with Gasteiger partial charge in [-0.3, -0.25) is 0 Å². The fourth-order valence-corrected chi connectivity index (χ4v) is 4.10. The normalized spacial score (nSPS) is 21.2. The fourth-order valence-electron chi connectivity index (χ4n) is 2.76. The smallest absolute Gasteiger partial charge is 0.246 e. The highest BCUT2D eigenvalue weighted by atomic mass is 32.2. The first-order valence-electron chi connectivity index (χ1n) is 7.05. The van der Waals surface area contributed by atoms with E-state index in [2.05, 4.69) is 21.7 Å². The van der Waals surface area contributed by atoms with E-state index in [1.165, 1.54) is 12.8 Å². The zero-order chi connectivity index (χ0) is 14.8. The van der Waals surface area contributed by atoms with Crippen molar-refractivity contribution in [2.24, 2.45) is 5.92 Å². The second-order valence-electron chi connectivity index (χ2n) is 5.60. The molecule has 114 valence electrons. The lowest BCUT2D eigenvalue weighted by molar-refractivity contribution is 0.187. The van der Waals surface area contributed by atoms with Crippen molar-refractivity contribution in [1.29, 1.82) is 0 Å². The number of sulfonamides is 1. The highest BCUT2D eigenvalue weighted by molar-refractivity contribution is 7.89. The minimum atomic E-state index is -3.53. The third-order valence-electron chi connectivity index (χ3n) is 3.70. The van der Waals surface area contributed by atoms with Gasteiger partial charge in [-0.2, -0.15) is 0 Å². The van der Waals surface area contributed by atoms with Gasteiger partial charge in [-0.05, 0) is 39.2 Å². The van der Waals surface area contributed by atoms with Crippen LogP contribution in [-0.2, 0) is 10.0 Å². The second kappa shape index (κ2) is 6.24. The first-order valence-corrected chi connectivity index (χ1v) is 8.53. The van der Waals surface area contributed by atoms with Crippen LogP contribution >= 0.6 is 0 Å². The molecule has 0 bridgehead atoms. The first kappa shape index (κ1) is 15.5. The van der Waals surface area contributed by atoms with Crippen LogP contribution in [0.3, 0.4) is 0 Å². The zero-order valence-corrected chi connectivity index (χ0v) is 13.2. The average molecular weight is 301 g/mol. The fraction of sp³-hybridized carbons (Fsp3) is 0.769. The number of nitrogens with zero attached hydrogens (tertiary/aromatic N) is 2. The van der Waals surface area contributed by atoms with E-state index in [4.69, 9.17) is 4.52 Å². The topological polar surface area (TPSA) is 75.4 Å². The number of rotatable bonds is 5. The molecule has 2 heterocycles. The van der Waals surface area contributed by atoms with Gasteiger partial charge < -0.3 is 9.42 Å². The van der Waals surface area contributed by atoms with Crippen LogP contribution in [-0.4, -0.2) is 44.7 Å². The van der Waals surface area contributed by atoms with Gasteiger partial charge in [0.2, 0.25) is 10.0 Å². The molecule has 1 aliphatic rings. The van der Waals surface area contributed by atoms with Crippen LogP contribution in [0, 0.1) is 19.8 Å². The molecule has 6 nitrogen and oxygen atoms in total. The van der Waals surface area contributed by atoms with E-state index in [1.54, 1.807) is 13.8 Å². The quantitative estimate of drug-likeness (QED) is 0.887. The van der Waals surface area contributed by atoms with E-state index in [-0.39, 0.29) is 4.90 Å². The van der Waals surface area contributed by atoms with Crippen LogP contribution in [0.1, 0.15) is 31.2 Å². The molecule has 1 aromatic heterocycles. The summed E-state index contributed by atoms with van der Waals surface area (Å²) in [6.07, 6.45) is 2.46. The van der Waals surface area contributed by atoms with Gasteiger partial charge in [-0.25, -0.2) is 13.1 Å². The van der Waals surface area contributed by atoms with Gasteiger partial charge in [0, 0.05) is 19.6 Å². The molecule has 20 heavy (non-hydrogen) atoms. The zero-order valence-electron chi connectivity index (χ0n) is 12.3. The Morgan fingerprint density at radius 1 is 1.45 bits per heavy atom. The molecular formula is C13H23N3O3S. The molecule has 7 heteroatoms. The Bertz CT molecular complexity index is 534. The minimum Gasteiger partial charge on any atom is -0.360 e. The molecule has 1 atom stereocenters.